The monoisotopic (exact) mass is 378 g/mol. The Hall–Kier alpha value is -1.79. The van der Waals surface area contributed by atoms with Gasteiger partial charge in [-0.1, -0.05) is 22.0 Å². The number of amides is 2. The van der Waals surface area contributed by atoms with Crippen LogP contribution < -0.4 is 5.32 Å². The van der Waals surface area contributed by atoms with Crippen molar-refractivity contribution in [2.45, 2.75) is 25.5 Å². The number of furan rings is 1. The Balaban J connectivity index is 1.68. The third kappa shape index (κ3) is 4.59. The summed E-state index contributed by atoms with van der Waals surface area (Å²) in [5.74, 6) is 0.757. The number of carbonyl (C=O) groups excluding carboxylic acids is 1. The van der Waals surface area contributed by atoms with Gasteiger partial charge in [0.15, 0.2) is 0 Å². The minimum Gasteiger partial charge on any atom is -0.467 e. The summed E-state index contributed by atoms with van der Waals surface area (Å²) in [5, 5.41) is 2.93. The van der Waals surface area contributed by atoms with Crippen LogP contribution in [0, 0.1) is 0 Å². The van der Waals surface area contributed by atoms with E-state index in [2.05, 4.69) is 21.2 Å². The number of rotatable bonds is 5. The van der Waals surface area contributed by atoms with Crippen LogP contribution in [-0.2, 0) is 11.3 Å². The van der Waals surface area contributed by atoms with Crippen molar-refractivity contribution >= 4 is 27.6 Å². The Morgan fingerprint density at radius 2 is 2.26 bits per heavy atom. The Bertz CT molecular complexity index is 639. The van der Waals surface area contributed by atoms with Gasteiger partial charge in [0.1, 0.15) is 5.76 Å². The smallest absolute Gasteiger partial charge is 0.322 e. The van der Waals surface area contributed by atoms with Crippen LogP contribution in [0.25, 0.3) is 0 Å². The summed E-state index contributed by atoms with van der Waals surface area (Å²) < 4.78 is 12.0. The molecule has 1 aromatic carbocycles. The minimum absolute atomic E-state index is 0.0956. The molecule has 122 valence electrons. The Kier molecular flexibility index (Phi) is 5.35. The van der Waals surface area contributed by atoms with E-state index in [9.17, 15) is 4.79 Å². The van der Waals surface area contributed by atoms with Crippen LogP contribution in [0.4, 0.5) is 10.5 Å². The van der Waals surface area contributed by atoms with E-state index in [0.29, 0.717) is 13.1 Å². The predicted octanol–water partition coefficient (Wildman–Crippen LogP) is 4.26. The molecule has 1 unspecified atom stereocenters. The molecule has 5 nitrogen and oxygen atoms in total. The van der Waals surface area contributed by atoms with Crippen LogP contribution >= 0.6 is 15.9 Å². The topological polar surface area (TPSA) is 54.7 Å². The van der Waals surface area contributed by atoms with Gasteiger partial charge >= 0.3 is 6.03 Å². The van der Waals surface area contributed by atoms with Gasteiger partial charge in [-0.3, -0.25) is 0 Å². The first-order valence-electron chi connectivity index (χ1n) is 7.66. The highest BCUT2D eigenvalue weighted by molar-refractivity contribution is 9.10. The van der Waals surface area contributed by atoms with Gasteiger partial charge in [0, 0.05) is 23.3 Å². The standard InChI is InChI=1S/C17H19BrN2O3/c18-13-4-1-5-14(10-13)19-17(21)20(11-15-6-2-8-22-15)12-16-7-3-9-23-16/h1-2,4-6,8,10,16H,3,7,9,11-12H2,(H,19,21). The summed E-state index contributed by atoms with van der Waals surface area (Å²) in [4.78, 5) is 14.4. The van der Waals surface area contributed by atoms with Crippen molar-refractivity contribution in [2.75, 3.05) is 18.5 Å². The van der Waals surface area contributed by atoms with Crippen LogP contribution in [0.15, 0.2) is 51.6 Å². The highest BCUT2D eigenvalue weighted by Crippen LogP contribution is 2.19. The van der Waals surface area contributed by atoms with Gasteiger partial charge in [0.05, 0.1) is 18.9 Å². The van der Waals surface area contributed by atoms with Crippen molar-refractivity contribution in [3.8, 4) is 0 Å². The summed E-state index contributed by atoms with van der Waals surface area (Å²) in [5.41, 5.74) is 0.751. The molecule has 1 aromatic heterocycles. The number of benzene rings is 1. The number of ether oxygens (including phenoxy) is 1. The van der Waals surface area contributed by atoms with Crippen molar-refractivity contribution in [1.82, 2.24) is 4.90 Å². The van der Waals surface area contributed by atoms with Gasteiger partial charge in [-0.2, -0.15) is 0 Å². The summed E-state index contributed by atoms with van der Waals surface area (Å²) in [6.45, 7) is 1.75. The molecule has 2 aromatic rings. The van der Waals surface area contributed by atoms with E-state index in [1.807, 2.05) is 36.4 Å². The minimum atomic E-state index is -0.157. The third-order valence-corrected chi connectivity index (χ3v) is 4.23. The second kappa shape index (κ2) is 7.66. The molecule has 2 heterocycles. The maximum Gasteiger partial charge on any atom is 0.322 e. The van der Waals surface area contributed by atoms with Gasteiger partial charge < -0.3 is 19.4 Å². The zero-order chi connectivity index (χ0) is 16.1. The van der Waals surface area contributed by atoms with Crippen molar-refractivity contribution < 1.29 is 13.9 Å². The van der Waals surface area contributed by atoms with Crippen LogP contribution in [0.1, 0.15) is 18.6 Å². The molecule has 1 saturated heterocycles. The molecule has 3 rings (SSSR count). The van der Waals surface area contributed by atoms with E-state index in [1.54, 1.807) is 11.2 Å². The highest BCUT2D eigenvalue weighted by atomic mass is 79.9. The maximum absolute atomic E-state index is 12.6. The molecule has 1 atom stereocenters. The number of anilines is 1. The van der Waals surface area contributed by atoms with Crippen molar-refractivity contribution in [2.24, 2.45) is 0 Å². The number of nitrogens with zero attached hydrogens (tertiary/aromatic N) is 1. The van der Waals surface area contributed by atoms with Gasteiger partial charge in [0.2, 0.25) is 0 Å². The van der Waals surface area contributed by atoms with Crippen molar-refractivity contribution in [3.63, 3.8) is 0 Å². The van der Waals surface area contributed by atoms with Crippen LogP contribution in [0.5, 0.6) is 0 Å². The van der Waals surface area contributed by atoms with Gasteiger partial charge in [0.25, 0.3) is 0 Å². The quantitative estimate of drug-likeness (QED) is 0.845. The molecule has 0 radical (unpaired) electrons. The van der Waals surface area contributed by atoms with Crippen LogP contribution in [0.3, 0.4) is 0 Å². The largest absolute Gasteiger partial charge is 0.467 e. The zero-order valence-electron chi connectivity index (χ0n) is 12.7. The first kappa shape index (κ1) is 16.1. The lowest BCUT2D eigenvalue weighted by Crippen LogP contribution is -2.39. The Labute approximate surface area is 143 Å². The second-order valence-electron chi connectivity index (χ2n) is 5.54. The summed E-state index contributed by atoms with van der Waals surface area (Å²) in [7, 11) is 0. The van der Waals surface area contributed by atoms with Gasteiger partial charge in [-0.15, -0.1) is 0 Å². The fraction of sp³-hybridized carbons (Fsp3) is 0.353. The van der Waals surface area contributed by atoms with E-state index in [0.717, 1.165) is 35.4 Å². The molecule has 0 spiro atoms. The molecule has 1 aliphatic rings. The summed E-state index contributed by atoms with van der Waals surface area (Å²) >= 11 is 3.41. The summed E-state index contributed by atoms with van der Waals surface area (Å²) in [6.07, 6.45) is 3.75. The lowest BCUT2D eigenvalue weighted by molar-refractivity contribution is 0.0803. The number of urea groups is 1. The van der Waals surface area contributed by atoms with Crippen LogP contribution in [-0.4, -0.2) is 30.2 Å². The SMILES string of the molecule is O=C(Nc1cccc(Br)c1)N(Cc1ccco1)CC1CCCO1. The lowest BCUT2D eigenvalue weighted by Gasteiger charge is -2.25. The Morgan fingerprint density at radius 3 is 2.96 bits per heavy atom. The third-order valence-electron chi connectivity index (χ3n) is 3.74. The average Bonchev–Trinajstić information content (AvgIpc) is 3.20. The Morgan fingerprint density at radius 1 is 1.35 bits per heavy atom. The molecule has 0 bridgehead atoms. The first-order chi connectivity index (χ1) is 11.2. The zero-order valence-corrected chi connectivity index (χ0v) is 14.3. The molecule has 1 aliphatic heterocycles. The van der Waals surface area contributed by atoms with E-state index >= 15 is 0 Å². The summed E-state index contributed by atoms with van der Waals surface area (Å²) in [6, 6.07) is 11.1. The molecule has 0 saturated carbocycles. The molecular weight excluding hydrogens is 360 g/mol. The van der Waals surface area contributed by atoms with Crippen molar-refractivity contribution in [1.29, 1.82) is 0 Å². The van der Waals surface area contributed by atoms with E-state index in [4.69, 9.17) is 9.15 Å². The average molecular weight is 379 g/mol. The molecule has 23 heavy (non-hydrogen) atoms. The van der Waals surface area contributed by atoms with Crippen LogP contribution in [0.2, 0.25) is 0 Å². The molecule has 1 fully saturated rings. The maximum atomic E-state index is 12.6. The number of nitrogens with one attached hydrogen (secondary N) is 1. The lowest BCUT2D eigenvalue weighted by atomic mass is 10.2. The number of halogens is 1. The predicted molar refractivity (Wildman–Crippen MR) is 91.3 cm³/mol. The van der Waals surface area contributed by atoms with E-state index in [1.165, 1.54) is 0 Å². The number of hydrogen-bond donors (Lipinski definition) is 1. The molecule has 2 amide bonds. The molecule has 1 N–H and O–H groups in total. The fourth-order valence-electron chi connectivity index (χ4n) is 2.61. The normalized spacial score (nSPS) is 17.2. The van der Waals surface area contributed by atoms with E-state index in [-0.39, 0.29) is 12.1 Å². The first-order valence-corrected chi connectivity index (χ1v) is 8.45. The molecular formula is C17H19BrN2O3. The highest BCUT2D eigenvalue weighted by Gasteiger charge is 2.23. The number of hydrogen-bond acceptors (Lipinski definition) is 3. The van der Waals surface area contributed by atoms with Gasteiger partial charge in [-0.25, -0.2) is 4.79 Å². The number of carbonyl (C=O) groups is 1. The molecule has 0 aliphatic carbocycles. The van der Waals surface area contributed by atoms with E-state index < -0.39 is 0 Å². The molecule has 6 heteroatoms. The van der Waals surface area contributed by atoms with Crippen molar-refractivity contribution in [3.05, 3.63) is 52.9 Å². The second-order valence-corrected chi connectivity index (χ2v) is 6.45. The fourth-order valence-corrected chi connectivity index (χ4v) is 3.01. The van der Waals surface area contributed by atoms with Gasteiger partial charge in [-0.05, 0) is 43.2 Å².